The molecular weight excluding hydrogens is 420 g/mol. The number of carbonyl (C=O) groups is 2. The highest BCUT2D eigenvalue weighted by Crippen LogP contribution is 2.42. The van der Waals surface area contributed by atoms with Gasteiger partial charge in [0.15, 0.2) is 0 Å². The van der Waals surface area contributed by atoms with Gasteiger partial charge in [-0.2, -0.15) is 0 Å². The summed E-state index contributed by atoms with van der Waals surface area (Å²) in [6.07, 6.45) is -1.47. The Labute approximate surface area is 192 Å². The first-order chi connectivity index (χ1) is 15.7. The summed E-state index contributed by atoms with van der Waals surface area (Å²) < 4.78 is 6.04. The summed E-state index contributed by atoms with van der Waals surface area (Å²) >= 11 is 0. The van der Waals surface area contributed by atoms with E-state index < -0.39 is 17.6 Å². The molecule has 0 saturated heterocycles. The van der Waals surface area contributed by atoms with E-state index in [1.807, 2.05) is 55.5 Å². The number of nitrogens with one attached hydrogen (secondary N) is 1. The first kappa shape index (κ1) is 22.4. The summed E-state index contributed by atoms with van der Waals surface area (Å²) in [4.78, 5) is 35.8. The van der Waals surface area contributed by atoms with Gasteiger partial charge in [0.1, 0.15) is 5.54 Å². The predicted octanol–water partition coefficient (Wildman–Crippen LogP) is 2.74. The summed E-state index contributed by atoms with van der Waals surface area (Å²) in [5, 5.41) is 13.7. The number of hydrogen-bond acceptors (Lipinski definition) is 6. The molecule has 2 aromatic carbocycles. The molecule has 1 aliphatic rings. The number of aromatic nitrogens is 2. The molecule has 4 rings (SSSR count). The third-order valence-corrected chi connectivity index (χ3v) is 5.86. The molecule has 3 aromatic rings. The molecule has 2 heterocycles. The lowest BCUT2D eigenvalue weighted by Gasteiger charge is -2.39. The van der Waals surface area contributed by atoms with Crippen molar-refractivity contribution in [2.75, 3.05) is 18.5 Å². The molecule has 170 valence electrons. The minimum absolute atomic E-state index is 0.0323. The zero-order valence-electron chi connectivity index (χ0n) is 19.0. The zero-order valence-corrected chi connectivity index (χ0v) is 19.0. The van der Waals surface area contributed by atoms with Crippen molar-refractivity contribution in [2.24, 2.45) is 0 Å². The first-order valence-electron chi connectivity index (χ1n) is 10.6. The molecule has 1 aliphatic heterocycles. The largest absolute Gasteiger partial charge is 0.478 e. The lowest BCUT2D eigenvalue weighted by molar-refractivity contribution is -0.149. The normalized spacial score (nSPS) is 18.9. The molecule has 8 heteroatoms. The van der Waals surface area contributed by atoms with Crippen LogP contribution in [0.2, 0.25) is 0 Å². The van der Waals surface area contributed by atoms with Crippen molar-refractivity contribution in [2.45, 2.75) is 32.4 Å². The number of fused-ring (bicyclic) bond motifs is 1. The summed E-state index contributed by atoms with van der Waals surface area (Å²) in [5.74, 6) is -1.40. The maximum absolute atomic E-state index is 12.9. The maximum atomic E-state index is 12.9. The van der Waals surface area contributed by atoms with Crippen LogP contribution >= 0.6 is 0 Å². The second-order valence-corrected chi connectivity index (χ2v) is 8.27. The Hall–Kier alpha value is -3.78. The number of aliphatic carboxylic acids is 1. The summed E-state index contributed by atoms with van der Waals surface area (Å²) in [5.41, 5.74) is 2.73. The monoisotopic (exact) mass is 446 g/mol. The third kappa shape index (κ3) is 4.05. The number of carboxylic acids is 1. The standard InChI is InChI=1S/C25H26N4O4/c1-15-10-11-20-19(12-15)25(18-8-6-5-7-9-18,26-14-21(30)29(20)4)22(23(31)32)33-24-27-16(2)13-17(3)28-24/h5-13,22,26H,14H2,1-4H3,(H,31,32)/t22-,25+/m1/s1. The first-order valence-corrected chi connectivity index (χ1v) is 10.6. The molecule has 0 unspecified atom stereocenters. The average Bonchev–Trinajstić information content (AvgIpc) is 2.87. The van der Waals surface area contributed by atoms with Crippen molar-refractivity contribution in [3.63, 3.8) is 0 Å². The minimum Gasteiger partial charge on any atom is -0.478 e. The summed E-state index contributed by atoms with van der Waals surface area (Å²) in [7, 11) is 1.68. The molecule has 2 atom stereocenters. The van der Waals surface area contributed by atoms with E-state index in [0.29, 0.717) is 28.2 Å². The Balaban J connectivity index is 2.02. The molecular formula is C25H26N4O4. The second kappa shape index (κ2) is 8.63. The number of ether oxygens (including phenoxy) is 1. The van der Waals surface area contributed by atoms with Crippen LogP contribution in [0.4, 0.5) is 5.69 Å². The highest BCUT2D eigenvalue weighted by molar-refractivity contribution is 5.97. The zero-order chi connectivity index (χ0) is 23.8. The van der Waals surface area contributed by atoms with Crippen LogP contribution in [-0.4, -0.2) is 46.6 Å². The van der Waals surface area contributed by atoms with Crippen LogP contribution in [0.5, 0.6) is 6.01 Å². The van der Waals surface area contributed by atoms with Gasteiger partial charge in [0.2, 0.25) is 12.0 Å². The van der Waals surface area contributed by atoms with Crippen molar-refractivity contribution in [3.05, 3.63) is 82.7 Å². The van der Waals surface area contributed by atoms with E-state index in [9.17, 15) is 14.7 Å². The van der Waals surface area contributed by atoms with Crippen LogP contribution in [-0.2, 0) is 15.1 Å². The fourth-order valence-corrected chi connectivity index (χ4v) is 4.34. The van der Waals surface area contributed by atoms with E-state index >= 15 is 0 Å². The van der Waals surface area contributed by atoms with E-state index in [2.05, 4.69) is 15.3 Å². The molecule has 2 N–H and O–H groups in total. The average molecular weight is 447 g/mol. The highest BCUT2D eigenvalue weighted by Gasteiger charge is 2.51. The van der Waals surface area contributed by atoms with Gasteiger partial charge in [0.25, 0.3) is 0 Å². The Morgan fingerprint density at radius 2 is 1.76 bits per heavy atom. The van der Waals surface area contributed by atoms with E-state index in [4.69, 9.17) is 4.74 Å². The molecule has 0 aliphatic carbocycles. The molecule has 0 fully saturated rings. The maximum Gasteiger partial charge on any atom is 0.347 e. The number of rotatable bonds is 5. The van der Waals surface area contributed by atoms with Crippen molar-refractivity contribution < 1.29 is 19.4 Å². The van der Waals surface area contributed by atoms with E-state index in [-0.39, 0.29) is 18.5 Å². The number of anilines is 1. The van der Waals surface area contributed by atoms with Crippen LogP contribution in [0.15, 0.2) is 54.6 Å². The van der Waals surface area contributed by atoms with Gasteiger partial charge in [0.05, 0.1) is 6.54 Å². The van der Waals surface area contributed by atoms with Gasteiger partial charge in [-0.3, -0.25) is 10.1 Å². The Morgan fingerprint density at radius 1 is 1.09 bits per heavy atom. The number of hydrogen-bond donors (Lipinski definition) is 2. The smallest absolute Gasteiger partial charge is 0.347 e. The number of aryl methyl sites for hydroxylation is 3. The Morgan fingerprint density at radius 3 is 2.39 bits per heavy atom. The van der Waals surface area contributed by atoms with Gasteiger partial charge in [-0.1, -0.05) is 48.0 Å². The molecule has 0 radical (unpaired) electrons. The molecule has 1 aromatic heterocycles. The van der Waals surface area contributed by atoms with Gasteiger partial charge in [-0.15, -0.1) is 0 Å². The Kier molecular flexibility index (Phi) is 5.86. The highest BCUT2D eigenvalue weighted by atomic mass is 16.5. The molecule has 8 nitrogen and oxygen atoms in total. The van der Waals surface area contributed by atoms with Crippen LogP contribution in [0.3, 0.4) is 0 Å². The van der Waals surface area contributed by atoms with Crippen LogP contribution < -0.4 is 15.0 Å². The number of likely N-dealkylation sites (N-methyl/N-ethyl adjacent to an activating group) is 1. The van der Waals surface area contributed by atoms with Gasteiger partial charge >= 0.3 is 12.0 Å². The van der Waals surface area contributed by atoms with Gasteiger partial charge in [0, 0.05) is 29.7 Å². The van der Waals surface area contributed by atoms with Crippen LogP contribution in [0, 0.1) is 20.8 Å². The molecule has 33 heavy (non-hydrogen) atoms. The lowest BCUT2D eigenvalue weighted by atomic mass is 9.76. The number of nitrogens with zero attached hydrogens (tertiary/aromatic N) is 3. The Bertz CT molecular complexity index is 1190. The topological polar surface area (TPSA) is 105 Å². The number of carbonyl (C=O) groups excluding carboxylic acids is 1. The fraction of sp³-hybridized carbons (Fsp3) is 0.280. The minimum atomic E-state index is -1.47. The molecule has 1 amide bonds. The van der Waals surface area contributed by atoms with Crippen LogP contribution in [0.25, 0.3) is 0 Å². The third-order valence-electron chi connectivity index (χ3n) is 5.86. The van der Waals surface area contributed by atoms with Gasteiger partial charge in [-0.05, 0) is 38.5 Å². The number of carboxylic acid groups (broad SMARTS) is 1. The van der Waals surface area contributed by atoms with E-state index in [0.717, 1.165) is 5.56 Å². The van der Waals surface area contributed by atoms with Crippen molar-refractivity contribution in [1.82, 2.24) is 15.3 Å². The van der Waals surface area contributed by atoms with E-state index in [1.165, 1.54) is 0 Å². The predicted molar refractivity (Wildman–Crippen MR) is 123 cm³/mol. The molecule has 0 saturated carbocycles. The van der Waals surface area contributed by atoms with Gasteiger partial charge in [-0.25, -0.2) is 14.8 Å². The van der Waals surface area contributed by atoms with Crippen molar-refractivity contribution >= 4 is 17.6 Å². The molecule has 0 bridgehead atoms. The van der Waals surface area contributed by atoms with Crippen molar-refractivity contribution in [3.8, 4) is 6.01 Å². The SMILES string of the molecule is Cc1ccc2c(c1)[C@@](c1ccccc1)([C@H](Oc1nc(C)cc(C)n1)C(=O)O)NCC(=O)N2C. The van der Waals surface area contributed by atoms with Gasteiger partial charge < -0.3 is 14.7 Å². The van der Waals surface area contributed by atoms with Crippen LogP contribution in [0.1, 0.15) is 28.1 Å². The fourth-order valence-electron chi connectivity index (χ4n) is 4.34. The number of benzene rings is 2. The number of amides is 1. The second-order valence-electron chi connectivity index (χ2n) is 8.27. The lowest BCUT2D eigenvalue weighted by Crippen LogP contribution is -2.58. The van der Waals surface area contributed by atoms with Crippen molar-refractivity contribution in [1.29, 1.82) is 0 Å². The summed E-state index contributed by atoms with van der Waals surface area (Å²) in [6, 6.07) is 16.5. The summed E-state index contributed by atoms with van der Waals surface area (Å²) in [6.45, 7) is 5.42. The quantitative estimate of drug-likeness (QED) is 0.621. The van der Waals surface area contributed by atoms with E-state index in [1.54, 1.807) is 31.9 Å². The molecule has 0 spiro atoms.